The third kappa shape index (κ3) is 3.81. The van der Waals surface area contributed by atoms with Gasteiger partial charge in [0.2, 0.25) is 0 Å². The van der Waals surface area contributed by atoms with E-state index in [4.69, 9.17) is 5.73 Å². The fraction of sp³-hybridized carbons (Fsp3) is 0.167. The standard InChI is InChI=1S/C18H18N4O4/c1-11-3-2-4-14(7-11)22-15-8-13(6-5-12(15)9-20-22)21-17(24)16(23)10-26-18(19)25/h2-9,16,23H,10H2,1H3,(H2,19,25)(H,21,24). The third-order valence-corrected chi connectivity index (χ3v) is 3.77. The van der Waals surface area contributed by atoms with Crippen LogP contribution < -0.4 is 11.1 Å². The molecule has 26 heavy (non-hydrogen) atoms. The average molecular weight is 354 g/mol. The Balaban J connectivity index is 1.83. The van der Waals surface area contributed by atoms with E-state index in [1.807, 2.05) is 37.3 Å². The molecule has 0 fully saturated rings. The number of aryl methyl sites for hydroxylation is 1. The Morgan fingerprint density at radius 2 is 2.12 bits per heavy atom. The number of hydrogen-bond acceptors (Lipinski definition) is 5. The largest absolute Gasteiger partial charge is 0.446 e. The maximum Gasteiger partial charge on any atom is 0.404 e. The van der Waals surface area contributed by atoms with Crippen LogP contribution in [0.25, 0.3) is 16.6 Å². The number of carbonyl (C=O) groups excluding carboxylic acids is 2. The molecule has 0 spiro atoms. The molecule has 3 aromatic rings. The summed E-state index contributed by atoms with van der Waals surface area (Å²) in [4.78, 5) is 22.5. The van der Waals surface area contributed by atoms with E-state index < -0.39 is 24.7 Å². The van der Waals surface area contributed by atoms with Crippen molar-refractivity contribution in [1.29, 1.82) is 0 Å². The smallest absolute Gasteiger partial charge is 0.404 e. The minimum atomic E-state index is -1.51. The number of rotatable bonds is 5. The summed E-state index contributed by atoms with van der Waals surface area (Å²) in [6.07, 6.45) is -0.834. The number of anilines is 1. The summed E-state index contributed by atoms with van der Waals surface area (Å²) >= 11 is 0. The number of primary amides is 1. The molecule has 0 saturated carbocycles. The lowest BCUT2D eigenvalue weighted by atomic mass is 10.2. The van der Waals surface area contributed by atoms with Crippen LogP contribution in [0.2, 0.25) is 0 Å². The zero-order valence-corrected chi connectivity index (χ0v) is 14.0. The predicted octanol–water partition coefficient (Wildman–Crippen LogP) is 1.73. The lowest BCUT2D eigenvalue weighted by Gasteiger charge is -2.11. The second-order valence-electron chi connectivity index (χ2n) is 5.80. The lowest BCUT2D eigenvalue weighted by molar-refractivity contribution is -0.125. The summed E-state index contributed by atoms with van der Waals surface area (Å²) in [5, 5.41) is 17.6. The zero-order valence-electron chi connectivity index (χ0n) is 14.0. The van der Waals surface area contributed by atoms with Gasteiger partial charge in [0.05, 0.1) is 17.4 Å². The second-order valence-corrected chi connectivity index (χ2v) is 5.80. The zero-order chi connectivity index (χ0) is 18.7. The minimum absolute atomic E-state index is 0.482. The average Bonchev–Trinajstić information content (AvgIpc) is 3.02. The molecule has 1 unspecified atom stereocenters. The molecule has 1 heterocycles. The highest BCUT2D eigenvalue weighted by Crippen LogP contribution is 2.22. The number of fused-ring (bicyclic) bond motifs is 1. The first-order chi connectivity index (χ1) is 12.4. The van der Waals surface area contributed by atoms with Crippen LogP contribution >= 0.6 is 0 Å². The van der Waals surface area contributed by atoms with E-state index in [9.17, 15) is 14.7 Å². The van der Waals surface area contributed by atoms with Gasteiger partial charge >= 0.3 is 6.09 Å². The second kappa shape index (κ2) is 7.24. The number of hydrogen-bond donors (Lipinski definition) is 3. The van der Waals surface area contributed by atoms with E-state index in [2.05, 4.69) is 15.2 Å². The first-order valence-electron chi connectivity index (χ1n) is 7.90. The quantitative estimate of drug-likeness (QED) is 0.644. The van der Waals surface area contributed by atoms with Gasteiger partial charge in [-0.05, 0) is 42.8 Å². The highest BCUT2D eigenvalue weighted by molar-refractivity contribution is 5.96. The van der Waals surface area contributed by atoms with Crippen molar-refractivity contribution in [2.75, 3.05) is 11.9 Å². The lowest BCUT2D eigenvalue weighted by Crippen LogP contribution is -2.33. The van der Waals surface area contributed by atoms with Crippen LogP contribution in [0.3, 0.4) is 0 Å². The van der Waals surface area contributed by atoms with Gasteiger partial charge < -0.3 is 20.9 Å². The number of aromatic nitrogens is 2. The SMILES string of the molecule is Cc1cccc(-n2ncc3ccc(NC(=O)C(O)COC(N)=O)cc32)c1. The Labute approximate surface area is 149 Å². The molecule has 0 saturated heterocycles. The molecule has 0 radical (unpaired) electrons. The Kier molecular flexibility index (Phi) is 4.85. The molecule has 134 valence electrons. The fourth-order valence-electron chi connectivity index (χ4n) is 2.52. The monoisotopic (exact) mass is 354 g/mol. The molecule has 1 atom stereocenters. The highest BCUT2D eigenvalue weighted by atomic mass is 16.6. The molecule has 0 bridgehead atoms. The summed E-state index contributed by atoms with van der Waals surface area (Å²) < 4.78 is 6.19. The van der Waals surface area contributed by atoms with Gasteiger partial charge in [-0.2, -0.15) is 5.10 Å². The maximum absolute atomic E-state index is 12.0. The van der Waals surface area contributed by atoms with Crippen molar-refractivity contribution in [1.82, 2.24) is 9.78 Å². The van der Waals surface area contributed by atoms with Crippen LogP contribution in [0.4, 0.5) is 10.5 Å². The summed E-state index contributed by atoms with van der Waals surface area (Å²) in [6, 6.07) is 13.2. The van der Waals surface area contributed by atoms with Crippen LogP contribution in [-0.2, 0) is 9.53 Å². The number of amides is 2. The van der Waals surface area contributed by atoms with Gasteiger partial charge in [0, 0.05) is 11.1 Å². The van der Waals surface area contributed by atoms with E-state index in [-0.39, 0.29) is 0 Å². The maximum atomic E-state index is 12.0. The van der Waals surface area contributed by atoms with E-state index in [1.165, 1.54) is 0 Å². The molecule has 1 aromatic heterocycles. The Morgan fingerprint density at radius 3 is 2.85 bits per heavy atom. The van der Waals surface area contributed by atoms with Crippen molar-refractivity contribution in [3.63, 3.8) is 0 Å². The molecule has 3 rings (SSSR count). The summed E-state index contributed by atoms with van der Waals surface area (Å²) in [5.41, 5.74) is 8.10. The first kappa shape index (κ1) is 17.4. The third-order valence-electron chi connectivity index (χ3n) is 3.77. The van der Waals surface area contributed by atoms with Gasteiger partial charge in [0.15, 0.2) is 6.10 Å². The van der Waals surface area contributed by atoms with E-state index in [0.29, 0.717) is 5.69 Å². The molecule has 8 heteroatoms. The molecule has 2 aromatic carbocycles. The number of nitrogens with two attached hydrogens (primary N) is 1. The number of carbonyl (C=O) groups is 2. The van der Waals surface area contributed by atoms with Crippen LogP contribution in [-0.4, -0.2) is 39.6 Å². The number of aliphatic hydroxyl groups is 1. The molecular formula is C18H18N4O4. The fourth-order valence-corrected chi connectivity index (χ4v) is 2.52. The van der Waals surface area contributed by atoms with Gasteiger partial charge in [0.1, 0.15) is 6.61 Å². The normalized spacial score (nSPS) is 11.9. The van der Waals surface area contributed by atoms with Gasteiger partial charge in [-0.15, -0.1) is 0 Å². The number of ether oxygens (including phenoxy) is 1. The van der Waals surface area contributed by atoms with Gasteiger partial charge in [-0.3, -0.25) is 4.79 Å². The van der Waals surface area contributed by atoms with Crippen molar-refractivity contribution in [3.05, 3.63) is 54.2 Å². The van der Waals surface area contributed by atoms with Crippen LogP contribution in [0.15, 0.2) is 48.7 Å². The van der Waals surface area contributed by atoms with Crippen LogP contribution in [0.5, 0.6) is 0 Å². The molecule has 0 aliphatic rings. The molecule has 2 amide bonds. The predicted molar refractivity (Wildman–Crippen MR) is 96.0 cm³/mol. The summed E-state index contributed by atoms with van der Waals surface area (Å²) in [5.74, 6) is -0.702. The topological polar surface area (TPSA) is 119 Å². The molecule has 8 nitrogen and oxygen atoms in total. The van der Waals surface area contributed by atoms with Gasteiger partial charge in [0.25, 0.3) is 5.91 Å². The number of benzene rings is 2. The first-order valence-corrected chi connectivity index (χ1v) is 7.90. The molecule has 0 aliphatic carbocycles. The van der Waals surface area contributed by atoms with Crippen LogP contribution in [0, 0.1) is 6.92 Å². The van der Waals surface area contributed by atoms with E-state index in [1.54, 1.807) is 23.0 Å². The molecule has 4 N–H and O–H groups in total. The van der Waals surface area contributed by atoms with E-state index in [0.717, 1.165) is 22.2 Å². The Hall–Kier alpha value is -3.39. The molecular weight excluding hydrogens is 336 g/mol. The Morgan fingerprint density at radius 1 is 1.31 bits per heavy atom. The summed E-state index contributed by atoms with van der Waals surface area (Å²) in [7, 11) is 0. The Bertz CT molecular complexity index is 967. The van der Waals surface area contributed by atoms with Crippen molar-refractivity contribution < 1.29 is 19.4 Å². The summed E-state index contributed by atoms with van der Waals surface area (Å²) in [6.45, 7) is 1.49. The van der Waals surface area contributed by atoms with Gasteiger partial charge in [-0.1, -0.05) is 12.1 Å². The van der Waals surface area contributed by atoms with E-state index >= 15 is 0 Å². The number of nitrogens with zero attached hydrogens (tertiary/aromatic N) is 2. The van der Waals surface area contributed by atoms with Crippen LogP contribution in [0.1, 0.15) is 5.56 Å². The van der Waals surface area contributed by atoms with Gasteiger partial charge in [-0.25, -0.2) is 9.48 Å². The van der Waals surface area contributed by atoms with Crippen molar-refractivity contribution >= 4 is 28.6 Å². The van der Waals surface area contributed by atoms with Crippen molar-refractivity contribution in [2.24, 2.45) is 5.73 Å². The number of aliphatic hydroxyl groups excluding tert-OH is 1. The molecule has 0 aliphatic heterocycles. The minimum Gasteiger partial charge on any atom is -0.446 e. The van der Waals surface area contributed by atoms with Crippen molar-refractivity contribution in [3.8, 4) is 5.69 Å². The highest BCUT2D eigenvalue weighted by Gasteiger charge is 2.17. The number of nitrogens with one attached hydrogen (secondary N) is 1. The van der Waals surface area contributed by atoms with Crippen molar-refractivity contribution in [2.45, 2.75) is 13.0 Å².